The first kappa shape index (κ1) is 19.2. The van der Waals surface area contributed by atoms with Crippen molar-refractivity contribution in [3.05, 3.63) is 41.1 Å². The van der Waals surface area contributed by atoms with E-state index in [0.29, 0.717) is 18.6 Å². The molecule has 1 aromatic carbocycles. The molecule has 12 heteroatoms. The molecule has 11 nitrogen and oxygen atoms in total. The van der Waals surface area contributed by atoms with E-state index < -0.39 is 15.8 Å². The Labute approximate surface area is 165 Å². The summed E-state index contributed by atoms with van der Waals surface area (Å²) in [5.41, 5.74) is 0.780. The number of amides is 1. The number of aromatic amines is 1. The molecule has 0 saturated carbocycles. The second-order valence-electron chi connectivity index (χ2n) is 6.89. The molecular weight excluding hydrogens is 400 g/mol. The summed E-state index contributed by atoms with van der Waals surface area (Å²) in [7, 11) is -1.91. The zero-order valence-corrected chi connectivity index (χ0v) is 16.5. The fourth-order valence-corrected chi connectivity index (χ4v) is 4.15. The number of carbonyl (C=O) groups excluding carboxylic acids is 1. The van der Waals surface area contributed by atoms with Gasteiger partial charge in [-0.2, -0.15) is 5.10 Å². The summed E-state index contributed by atoms with van der Waals surface area (Å²) in [5, 5.41) is 4.06. The Bertz CT molecular complexity index is 1200. The molecule has 1 aliphatic heterocycles. The number of anilines is 1. The maximum atomic E-state index is 12.6. The highest BCUT2D eigenvalue weighted by Crippen LogP contribution is 2.19. The van der Waals surface area contributed by atoms with Crippen LogP contribution in [0.3, 0.4) is 0 Å². The van der Waals surface area contributed by atoms with Gasteiger partial charge in [0, 0.05) is 38.4 Å². The highest BCUT2D eigenvalue weighted by Gasteiger charge is 2.20. The van der Waals surface area contributed by atoms with Crippen LogP contribution in [0.25, 0.3) is 11.1 Å². The summed E-state index contributed by atoms with van der Waals surface area (Å²) in [4.78, 5) is 29.9. The van der Waals surface area contributed by atoms with Gasteiger partial charge in [-0.1, -0.05) is 0 Å². The Hall–Kier alpha value is -3.12. The number of nitrogens with zero attached hydrogens (tertiary/aromatic N) is 4. The zero-order chi connectivity index (χ0) is 20.6. The fourth-order valence-electron chi connectivity index (χ4n) is 3.10. The number of piperazine rings is 1. The van der Waals surface area contributed by atoms with E-state index >= 15 is 0 Å². The topological polar surface area (TPSA) is 134 Å². The van der Waals surface area contributed by atoms with Gasteiger partial charge in [0.1, 0.15) is 6.54 Å². The zero-order valence-electron chi connectivity index (χ0n) is 15.7. The minimum Gasteiger partial charge on any atom is -0.408 e. The largest absolute Gasteiger partial charge is 0.417 e. The van der Waals surface area contributed by atoms with E-state index in [4.69, 9.17) is 4.42 Å². The van der Waals surface area contributed by atoms with Crippen molar-refractivity contribution in [3.63, 3.8) is 0 Å². The molecule has 154 valence electrons. The number of oxazole rings is 1. The first-order chi connectivity index (χ1) is 13.8. The van der Waals surface area contributed by atoms with Crippen molar-refractivity contribution in [2.24, 2.45) is 0 Å². The van der Waals surface area contributed by atoms with Gasteiger partial charge in [-0.25, -0.2) is 13.2 Å². The van der Waals surface area contributed by atoms with Crippen LogP contribution in [0.4, 0.5) is 5.69 Å². The SMILES string of the molecule is CN1CCN(C(=O)Cn2cc(NS(=O)(=O)c3ccc4[nH]c(=O)oc4c3)cn2)CC1. The standard InChI is InChI=1S/C17H20N6O5S/c1-21-4-6-22(7-5-21)16(24)11-23-10-12(9-18-23)20-29(26,27)13-2-3-14-15(8-13)28-17(25)19-14/h2-3,8-10,20H,4-7,11H2,1H3,(H,19,25). The molecule has 3 heterocycles. The summed E-state index contributed by atoms with van der Waals surface area (Å²) >= 11 is 0. The predicted octanol–water partition coefficient (Wildman–Crippen LogP) is -0.108. The molecule has 0 bridgehead atoms. The van der Waals surface area contributed by atoms with Crippen LogP contribution in [0, 0.1) is 0 Å². The number of aromatic nitrogens is 3. The monoisotopic (exact) mass is 420 g/mol. The Morgan fingerprint density at radius 1 is 1.28 bits per heavy atom. The quantitative estimate of drug-likeness (QED) is 0.588. The van der Waals surface area contributed by atoms with Gasteiger partial charge in [0.2, 0.25) is 5.91 Å². The molecule has 0 unspecified atom stereocenters. The first-order valence-corrected chi connectivity index (χ1v) is 10.4. The van der Waals surface area contributed by atoms with E-state index in [0.717, 1.165) is 13.1 Å². The average Bonchev–Trinajstić information content (AvgIpc) is 3.26. The minimum atomic E-state index is -3.92. The number of nitrogens with one attached hydrogen (secondary N) is 2. The van der Waals surface area contributed by atoms with E-state index in [-0.39, 0.29) is 28.6 Å². The van der Waals surface area contributed by atoms with Crippen LogP contribution >= 0.6 is 0 Å². The molecule has 29 heavy (non-hydrogen) atoms. The number of benzene rings is 1. The van der Waals surface area contributed by atoms with E-state index in [9.17, 15) is 18.0 Å². The lowest BCUT2D eigenvalue weighted by molar-refractivity contribution is -0.133. The van der Waals surface area contributed by atoms with Crippen LogP contribution in [-0.4, -0.2) is 72.1 Å². The number of H-pyrrole nitrogens is 1. The molecule has 0 radical (unpaired) electrons. The third-order valence-electron chi connectivity index (χ3n) is 4.74. The Morgan fingerprint density at radius 3 is 2.79 bits per heavy atom. The summed E-state index contributed by atoms with van der Waals surface area (Å²) in [6.07, 6.45) is 2.80. The third-order valence-corrected chi connectivity index (χ3v) is 6.12. The van der Waals surface area contributed by atoms with Gasteiger partial charge in [-0.05, 0) is 19.2 Å². The molecule has 3 aromatic rings. The van der Waals surface area contributed by atoms with Crippen molar-refractivity contribution in [1.82, 2.24) is 24.6 Å². The lowest BCUT2D eigenvalue weighted by atomic mass is 10.3. The number of sulfonamides is 1. The van der Waals surface area contributed by atoms with Crippen LogP contribution in [0.5, 0.6) is 0 Å². The number of likely N-dealkylation sites (N-methyl/N-ethyl adjacent to an activating group) is 1. The van der Waals surface area contributed by atoms with Crippen LogP contribution < -0.4 is 10.5 Å². The Morgan fingerprint density at radius 2 is 2.03 bits per heavy atom. The smallest absolute Gasteiger partial charge is 0.408 e. The van der Waals surface area contributed by atoms with Crippen molar-refractivity contribution < 1.29 is 17.6 Å². The third kappa shape index (κ3) is 4.17. The maximum absolute atomic E-state index is 12.6. The maximum Gasteiger partial charge on any atom is 0.417 e. The molecule has 2 aromatic heterocycles. The van der Waals surface area contributed by atoms with E-state index in [1.165, 1.54) is 35.3 Å². The summed E-state index contributed by atoms with van der Waals surface area (Å²) in [6.45, 7) is 3.00. The normalized spacial score (nSPS) is 15.7. The lowest BCUT2D eigenvalue weighted by Crippen LogP contribution is -2.48. The van der Waals surface area contributed by atoms with Gasteiger partial charge >= 0.3 is 5.76 Å². The molecular formula is C17H20N6O5S. The summed E-state index contributed by atoms with van der Waals surface area (Å²) < 4.78 is 33.9. The average molecular weight is 420 g/mol. The van der Waals surface area contributed by atoms with Gasteiger partial charge in [0.25, 0.3) is 10.0 Å². The molecule has 1 amide bonds. The molecule has 4 rings (SSSR count). The van der Waals surface area contributed by atoms with Crippen molar-refractivity contribution in [2.75, 3.05) is 37.9 Å². The molecule has 1 aliphatic rings. The molecule has 0 atom stereocenters. The minimum absolute atomic E-state index is 0.0336. The van der Waals surface area contributed by atoms with E-state index in [1.54, 1.807) is 4.90 Å². The molecule has 1 fully saturated rings. The van der Waals surface area contributed by atoms with E-state index in [1.807, 2.05) is 7.05 Å². The van der Waals surface area contributed by atoms with Crippen molar-refractivity contribution in [1.29, 1.82) is 0 Å². The second-order valence-corrected chi connectivity index (χ2v) is 8.57. The highest BCUT2D eigenvalue weighted by molar-refractivity contribution is 7.92. The van der Waals surface area contributed by atoms with E-state index in [2.05, 4.69) is 19.7 Å². The highest BCUT2D eigenvalue weighted by atomic mass is 32.2. The second kappa shape index (κ2) is 7.37. The van der Waals surface area contributed by atoms with Crippen molar-refractivity contribution in [2.45, 2.75) is 11.4 Å². The van der Waals surface area contributed by atoms with Gasteiger partial charge in [-0.15, -0.1) is 0 Å². The number of fused-ring (bicyclic) bond motifs is 1. The van der Waals surface area contributed by atoms with Crippen LogP contribution in [0.15, 0.2) is 44.7 Å². The molecule has 2 N–H and O–H groups in total. The van der Waals surface area contributed by atoms with Crippen molar-refractivity contribution >= 4 is 32.7 Å². The van der Waals surface area contributed by atoms with Crippen LogP contribution in [0.1, 0.15) is 0 Å². The Kier molecular flexibility index (Phi) is 4.88. The number of hydrogen-bond donors (Lipinski definition) is 2. The number of carbonyl (C=O) groups is 1. The fraction of sp³-hybridized carbons (Fsp3) is 0.353. The number of rotatable bonds is 5. The Balaban J connectivity index is 1.44. The summed E-state index contributed by atoms with van der Waals surface area (Å²) in [5.74, 6) is -0.725. The predicted molar refractivity (Wildman–Crippen MR) is 104 cm³/mol. The molecule has 0 aliphatic carbocycles. The summed E-state index contributed by atoms with van der Waals surface area (Å²) in [6, 6.07) is 4.07. The van der Waals surface area contributed by atoms with Gasteiger partial charge in [0.15, 0.2) is 5.58 Å². The first-order valence-electron chi connectivity index (χ1n) is 8.95. The number of hydrogen-bond acceptors (Lipinski definition) is 7. The van der Waals surface area contributed by atoms with Crippen LogP contribution in [0.2, 0.25) is 0 Å². The van der Waals surface area contributed by atoms with Gasteiger partial charge in [-0.3, -0.25) is 19.2 Å². The van der Waals surface area contributed by atoms with Gasteiger partial charge < -0.3 is 14.2 Å². The molecule has 1 saturated heterocycles. The van der Waals surface area contributed by atoms with Gasteiger partial charge in [0.05, 0.1) is 22.3 Å². The van der Waals surface area contributed by atoms with Crippen LogP contribution in [-0.2, 0) is 21.4 Å². The van der Waals surface area contributed by atoms with Crippen molar-refractivity contribution in [3.8, 4) is 0 Å². The molecule has 0 spiro atoms. The lowest BCUT2D eigenvalue weighted by Gasteiger charge is -2.32.